The zero-order valence-corrected chi connectivity index (χ0v) is 18.5. The fraction of sp³-hybridized carbons (Fsp3) is 0.120. The average Bonchev–Trinajstić information content (AvgIpc) is 3.01. The number of carbonyl (C=O) groups is 2. The number of Topliss-reactive ketones (excluding diaryl/α,β-unsaturated/α-hetero) is 1. The molecule has 0 aromatic heterocycles. The minimum absolute atomic E-state index is 0.138. The van der Waals surface area contributed by atoms with Gasteiger partial charge in [0.15, 0.2) is 0 Å². The number of halogens is 2. The minimum Gasteiger partial charge on any atom is -0.507 e. The largest absolute Gasteiger partial charge is 0.507 e. The van der Waals surface area contributed by atoms with Crippen molar-refractivity contribution < 1.29 is 19.1 Å². The van der Waals surface area contributed by atoms with Crippen LogP contribution in [0.3, 0.4) is 0 Å². The zero-order valence-electron chi connectivity index (χ0n) is 16.9. The topological polar surface area (TPSA) is 57.6 Å². The van der Waals surface area contributed by atoms with Crippen molar-refractivity contribution in [2.75, 3.05) is 4.90 Å². The Hall–Kier alpha value is -3.25. The van der Waals surface area contributed by atoms with Gasteiger partial charge in [0.05, 0.1) is 11.6 Å². The van der Waals surface area contributed by atoms with Crippen molar-refractivity contribution in [2.45, 2.75) is 19.9 Å². The maximum atomic E-state index is 14.9. The molecule has 1 unspecified atom stereocenters. The first kappa shape index (κ1) is 21.0. The van der Waals surface area contributed by atoms with Gasteiger partial charge in [-0.05, 0) is 55.3 Å². The van der Waals surface area contributed by atoms with Gasteiger partial charge in [-0.15, -0.1) is 0 Å². The van der Waals surface area contributed by atoms with Gasteiger partial charge in [0.2, 0.25) is 0 Å². The molecule has 6 heteroatoms. The molecule has 1 amide bonds. The second-order valence-electron chi connectivity index (χ2n) is 7.47. The third-order valence-electron chi connectivity index (χ3n) is 5.53. The van der Waals surface area contributed by atoms with Crippen molar-refractivity contribution in [3.05, 3.63) is 105 Å². The van der Waals surface area contributed by atoms with E-state index in [1.54, 1.807) is 42.5 Å². The van der Waals surface area contributed by atoms with E-state index in [1.807, 2.05) is 19.9 Å². The Labute approximate surface area is 187 Å². The fourth-order valence-corrected chi connectivity index (χ4v) is 3.99. The lowest BCUT2D eigenvalue weighted by molar-refractivity contribution is -0.132. The number of amides is 1. The summed E-state index contributed by atoms with van der Waals surface area (Å²) in [5.74, 6) is -2.57. The van der Waals surface area contributed by atoms with E-state index in [0.717, 1.165) is 15.6 Å². The van der Waals surface area contributed by atoms with Crippen LogP contribution in [0.1, 0.15) is 28.3 Å². The summed E-state index contributed by atoms with van der Waals surface area (Å²) < 4.78 is 15.7. The number of aliphatic hydroxyl groups excluding tert-OH is 1. The third-order valence-corrected chi connectivity index (χ3v) is 6.06. The van der Waals surface area contributed by atoms with Gasteiger partial charge < -0.3 is 5.11 Å². The molecule has 4 nitrogen and oxygen atoms in total. The van der Waals surface area contributed by atoms with Gasteiger partial charge in [-0.1, -0.05) is 52.3 Å². The van der Waals surface area contributed by atoms with Gasteiger partial charge in [-0.25, -0.2) is 4.39 Å². The molecule has 0 aliphatic carbocycles. The summed E-state index contributed by atoms with van der Waals surface area (Å²) in [5.41, 5.74) is 2.78. The van der Waals surface area contributed by atoms with Crippen LogP contribution in [-0.4, -0.2) is 16.8 Å². The maximum absolute atomic E-state index is 14.9. The lowest BCUT2D eigenvalue weighted by Gasteiger charge is -2.26. The number of aryl methyl sites for hydroxylation is 2. The van der Waals surface area contributed by atoms with Crippen LogP contribution in [0.5, 0.6) is 0 Å². The lowest BCUT2D eigenvalue weighted by atomic mass is 9.94. The first-order valence-corrected chi connectivity index (χ1v) is 10.5. The van der Waals surface area contributed by atoms with E-state index in [2.05, 4.69) is 15.9 Å². The van der Waals surface area contributed by atoms with E-state index in [-0.39, 0.29) is 16.9 Å². The second kappa shape index (κ2) is 8.12. The monoisotopic (exact) mass is 479 g/mol. The van der Waals surface area contributed by atoms with Crippen LogP contribution in [0, 0.1) is 19.7 Å². The molecule has 31 heavy (non-hydrogen) atoms. The van der Waals surface area contributed by atoms with Crippen LogP contribution >= 0.6 is 15.9 Å². The molecule has 1 heterocycles. The summed E-state index contributed by atoms with van der Waals surface area (Å²) >= 11 is 3.33. The molecule has 1 atom stereocenters. The molecule has 1 aliphatic heterocycles. The lowest BCUT2D eigenvalue weighted by Crippen LogP contribution is -2.30. The molecule has 156 valence electrons. The summed E-state index contributed by atoms with van der Waals surface area (Å²) in [6.07, 6.45) is 0. The number of aliphatic hydroxyl groups is 1. The van der Waals surface area contributed by atoms with Crippen molar-refractivity contribution in [1.82, 2.24) is 0 Å². The standard InChI is InChI=1S/C25H19BrFNO3/c1-14-7-12-18(13-15(14)2)28-22(19-5-3-4-6-20(19)27)21(24(30)25(28)31)23(29)16-8-10-17(26)11-9-16/h3-13,22,29H,1-2H3/b23-21+. The minimum atomic E-state index is -1.09. The Kier molecular flexibility index (Phi) is 5.50. The Balaban J connectivity index is 1.98. The maximum Gasteiger partial charge on any atom is 0.300 e. The Morgan fingerprint density at radius 1 is 0.968 bits per heavy atom. The van der Waals surface area contributed by atoms with Gasteiger partial charge in [-0.2, -0.15) is 0 Å². The molecule has 0 spiro atoms. The highest BCUT2D eigenvalue weighted by atomic mass is 79.9. The summed E-state index contributed by atoms with van der Waals surface area (Å²) in [6, 6.07) is 16.9. The number of nitrogens with zero attached hydrogens (tertiary/aromatic N) is 1. The molecular weight excluding hydrogens is 461 g/mol. The summed E-state index contributed by atoms with van der Waals surface area (Å²) in [5, 5.41) is 11.0. The van der Waals surface area contributed by atoms with E-state index in [1.165, 1.54) is 23.1 Å². The summed E-state index contributed by atoms with van der Waals surface area (Å²) in [4.78, 5) is 27.4. The van der Waals surface area contributed by atoms with Gasteiger partial charge in [0, 0.05) is 21.3 Å². The molecule has 1 fully saturated rings. The molecule has 0 radical (unpaired) electrons. The number of carbonyl (C=O) groups excluding carboxylic acids is 2. The zero-order chi connectivity index (χ0) is 22.3. The Morgan fingerprint density at radius 2 is 1.65 bits per heavy atom. The highest BCUT2D eigenvalue weighted by Gasteiger charge is 2.47. The molecule has 4 rings (SSSR count). The Bertz CT molecular complexity index is 1230. The molecule has 0 saturated carbocycles. The van der Waals surface area contributed by atoms with Crippen molar-refractivity contribution in [1.29, 1.82) is 0 Å². The van der Waals surface area contributed by atoms with Crippen LogP contribution in [0.25, 0.3) is 5.76 Å². The highest BCUT2D eigenvalue weighted by molar-refractivity contribution is 9.10. The number of ketones is 1. The van der Waals surface area contributed by atoms with Gasteiger partial charge in [-0.3, -0.25) is 14.5 Å². The molecule has 1 saturated heterocycles. The van der Waals surface area contributed by atoms with E-state index in [9.17, 15) is 19.1 Å². The van der Waals surface area contributed by atoms with Crippen LogP contribution in [0.15, 0.2) is 76.8 Å². The number of rotatable bonds is 3. The van der Waals surface area contributed by atoms with Gasteiger partial charge >= 0.3 is 0 Å². The molecular formula is C25H19BrFNO3. The van der Waals surface area contributed by atoms with Gasteiger partial charge in [0.1, 0.15) is 11.6 Å². The van der Waals surface area contributed by atoms with Crippen LogP contribution in [0.2, 0.25) is 0 Å². The number of anilines is 1. The third kappa shape index (κ3) is 3.68. The average molecular weight is 480 g/mol. The van der Waals surface area contributed by atoms with E-state index in [0.29, 0.717) is 11.3 Å². The number of hydrogen-bond acceptors (Lipinski definition) is 3. The summed E-state index contributed by atoms with van der Waals surface area (Å²) in [7, 11) is 0. The van der Waals surface area contributed by atoms with Crippen molar-refractivity contribution >= 4 is 39.1 Å². The van der Waals surface area contributed by atoms with Crippen LogP contribution < -0.4 is 4.90 Å². The number of hydrogen-bond donors (Lipinski definition) is 1. The highest BCUT2D eigenvalue weighted by Crippen LogP contribution is 2.43. The van der Waals surface area contributed by atoms with Crippen molar-refractivity contribution in [3.8, 4) is 0 Å². The predicted molar refractivity (Wildman–Crippen MR) is 121 cm³/mol. The van der Waals surface area contributed by atoms with Crippen molar-refractivity contribution in [2.24, 2.45) is 0 Å². The van der Waals surface area contributed by atoms with E-state index < -0.39 is 23.5 Å². The van der Waals surface area contributed by atoms with E-state index >= 15 is 0 Å². The van der Waals surface area contributed by atoms with Crippen LogP contribution in [-0.2, 0) is 9.59 Å². The molecule has 3 aromatic rings. The first-order chi connectivity index (χ1) is 14.8. The second-order valence-corrected chi connectivity index (χ2v) is 8.38. The molecule has 1 N–H and O–H groups in total. The van der Waals surface area contributed by atoms with Crippen LogP contribution in [0.4, 0.5) is 10.1 Å². The normalized spacial score (nSPS) is 17.9. The number of benzene rings is 3. The van der Waals surface area contributed by atoms with Crippen molar-refractivity contribution in [3.63, 3.8) is 0 Å². The Morgan fingerprint density at radius 3 is 2.29 bits per heavy atom. The smallest absolute Gasteiger partial charge is 0.300 e. The van der Waals surface area contributed by atoms with Gasteiger partial charge in [0.25, 0.3) is 11.7 Å². The quantitative estimate of drug-likeness (QED) is 0.292. The SMILES string of the molecule is Cc1ccc(N2C(=O)C(=O)/C(=C(/O)c3ccc(Br)cc3)C2c2ccccc2F)cc1C. The predicted octanol–water partition coefficient (Wildman–Crippen LogP) is 5.83. The molecule has 1 aliphatic rings. The fourth-order valence-electron chi connectivity index (χ4n) is 3.73. The summed E-state index contributed by atoms with van der Waals surface area (Å²) in [6.45, 7) is 3.84. The molecule has 0 bridgehead atoms. The first-order valence-electron chi connectivity index (χ1n) is 9.68. The van der Waals surface area contributed by atoms with E-state index in [4.69, 9.17) is 0 Å². The molecule has 3 aromatic carbocycles.